The van der Waals surface area contributed by atoms with E-state index in [4.69, 9.17) is 4.74 Å². The average Bonchev–Trinajstić information content (AvgIpc) is 2.92. The predicted molar refractivity (Wildman–Crippen MR) is 107 cm³/mol. The van der Waals surface area contributed by atoms with E-state index in [2.05, 4.69) is 4.98 Å². The highest BCUT2D eigenvalue weighted by molar-refractivity contribution is 5.81. The van der Waals surface area contributed by atoms with Crippen LogP contribution in [0.15, 0.2) is 48.7 Å². The normalized spacial score (nSPS) is 14.4. The summed E-state index contributed by atoms with van der Waals surface area (Å²) in [5.74, 6) is -2.04. The van der Waals surface area contributed by atoms with Gasteiger partial charge in [-0.15, -0.1) is 0 Å². The Morgan fingerprint density at radius 3 is 2.26 bits per heavy atom. The third-order valence-corrected chi connectivity index (χ3v) is 5.33. The number of pyridine rings is 1. The number of hydrogen-bond donors (Lipinski definition) is 1. The van der Waals surface area contributed by atoms with Gasteiger partial charge in [-0.2, -0.15) is 26.3 Å². The van der Waals surface area contributed by atoms with Crippen molar-refractivity contribution in [3.63, 3.8) is 0 Å². The van der Waals surface area contributed by atoms with Crippen LogP contribution in [0.5, 0.6) is 11.6 Å². The van der Waals surface area contributed by atoms with E-state index in [0.717, 1.165) is 11.0 Å². The monoisotopic (exact) mass is 500 g/mol. The van der Waals surface area contributed by atoms with Gasteiger partial charge in [0.05, 0.1) is 23.2 Å². The van der Waals surface area contributed by atoms with Crippen molar-refractivity contribution in [1.82, 2.24) is 9.88 Å². The Hall–Kier alpha value is -3.83. The summed E-state index contributed by atoms with van der Waals surface area (Å²) in [6.07, 6.45) is -8.84. The number of aromatic hydroxyl groups is 1. The molecule has 0 saturated heterocycles. The zero-order chi connectivity index (χ0) is 25.5. The number of nitrogens with zero attached hydrogens (tertiary/aromatic N) is 2. The van der Waals surface area contributed by atoms with Gasteiger partial charge in [-0.25, -0.2) is 9.37 Å². The molecule has 0 saturated carbocycles. The fraction of sp³-hybridized carbons (Fsp3) is 0.217. The molecule has 0 aliphatic carbocycles. The molecule has 1 amide bonds. The van der Waals surface area contributed by atoms with Crippen LogP contribution in [0.1, 0.15) is 22.3 Å². The average molecular weight is 500 g/mol. The van der Waals surface area contributed by atoms with Crippen LogP contribution < -0.4 is 4.74 Å². The molecule has 1 aliphatic heterocycles. The molecule has 0 fully saturated rings. The molecule has 0 radical (unpaired) electrons. The molecule has 0 spiro atoms. The first kappa shape index (κ1) is 24.3. The molecular formula is C23H15F7N2O3. The predicted octanol–water partition coefficient (Wildman–Crippen LogP) is 5.55. The number of aromatic nitrogens is 1. The fourth-order valence-corrected chi connectivity index (χ4v) is 3.74. The van der Waals surface area contributed by atoms with Crippen LogP contribution in [0, 0.1) is 5.82 Å². The topological polar surface area (TPSA) is 62.7 Å². The first-order chi connectivity index (χ1) is 16.3. The molecule has 0 atom stereocenters. The van der Waals surface area contributed by atoms with Gasteiger partial charge in [-0.1, -0.05) is 6.07 Å². The van der Waals surface area contributed by atoms with Crippen molar-refractivity contribution in [2.24, 2.45) is 0 Å². The van der Waals surface area contributed by atoms with E-state index in [1.807, 2.05) is 0 Å². The van der Waals surface area contributed by atoms with Crippen LogP contribution in [0.25, 0.3) is 11.1 Å². The minimum absolute atomic E-state index is 0.00482. The van der Waals surface area contributed by atoms with Gasteiger partial charge in [0.25, 0.3) is 5.91 Å². The lowest BCUT2D eigenvalue weighted by molar-refractivity contribution is -0.143. The number of alkyl halides is 6. The quantitative estimate of drug-likeness (QED) is 0.479. The van der Waals surface area contributed by atoms with Crippen LogP contribution in [0.3, 0.4) is 0 Å². The summed E-state index contributed by atoms with van der Waals surface area (Å²) < 4.78 is 99.3. The van der Waals surface area contributed by atoms with E-state index < -0.39 is 59.7 Å². The van der Waals surface area contributed by atoms with E-state index in [1.165, 1.54) is 24.4 Å². The van der Waals surface area contributed by atoms with Crippen molar-refractivity contribution in [1.29, 1.82) is 0 Å². The molecule has 1 N–H and O–H groups in total. The highest BCUT2D eigenvalue weighted by Gasteiger charge is 2.37. The Bertz CT molecular complexity index is 1240. The maximum absolute atomic E-state index is 14.5. The van der Waals surface area contributed by atoms with Crippen LogP contribution in [0.2, 0.25) is 0 Å². The van der Waals surface area contributed by atoms with Gasteiger partial charge in [0.1, 0.15) is 11.6 Å². The highest BCUT2D eigenvalue weighted by Crippen LogP contribution is 2.39. The van der Waals surface area contributed by atoms with Crippen LogP contribution in [0.4, 0.5) is 30.7 Å². The van der Waals surface area contributed by atoms with Crippen LogP contribution >= 0.6 is 0 Å². The molecule has 184 valence electrons. The summed E-state index contributed by atoms with van der Waals surface area (Å²) in [6.45, 7) is -1.59. The fourth-order valence-electron chi connectivity index (χ4n) is 3.74. The molecule has 4 rings (SSSR count). The lowest BCUT2D eigenvalue weighted by atomic mass is 9.99. The summed E-state index contributed by atoms with van der Waals surface area (Å²) in [7, 11) is 0. The number of fused-ring (bicyclic) bond motifs is 1. The summed E-state index contributed by atoms with van der Waals surface area (Å²) >= 11 is 0. The minimum atomic E-state index is -5.05. The first-order valence-electron chi connectivity index (χ1n) is 9.99. The molecule has 35 heavy (non-hydrogen) atoms. The Balaban J connectivity index is 1.77. The molecule has 2 aromatic carbocycles. The van der Waals surface area contributed by atoms with Crippen molar-refractivity contribution >= 4 is 5.91 Å². The summed E-state index contributed by atoms with van der Waals surface area (Å²) in [5.41, 5.74) is -3.43. The zero-order valence-electron chi connectivity index (χ0n) is 17.5. The summed E-state index contributed by atoms with van der Waals surface area (Å²) in [6, 6.07) is 5.99. The summed E-state index contributed by atoms with van der Waals surface area (Å²) in [4.78, 5) is 17.6. The second-order valence-electron chi connectivity index (χ2n) is 7.73. The highest BCUT2D eigenvalue weighted by atomic mass is 19.4. The number of hydrogen-bond acceptors (Lipinski definition) is 4. The standard InChI is InChI=1S/C23H15F7N2O3/c24-17-2-1-3-18(33)20(17)15-4-5-31-21-16(15)10-32(19(34)11-35-21)9-12-6-13(22(25,26)27)8-14(7-12)23(28,29)30/h1-8,33H,9-11H2. The number of benzene rings is 2. The lowest BCUT2D eigenvalue weighted by Crippen LogP contribution is -2.32. The molecule has 1 aromatic heterocycles. The van der Waals surface area contributed by atoms with Crippen molar-refractivity contribution < 1.29 is 45.4 Å². The molecule has 0 bridgehead atoms. The molecule has 0 unspecified atom stereocenters. The largest absolute Gasteiger partial charge is 0.507 e. The molecule has 12 heteroatoms. The number of carbonyl (C=O) groups excluding carboxylic acids is 1. The Morgan fingerprint density at radius 2 is 1.66 bits per heavy atom. The van der Waals surface area contributed by atoms with E-state index in [9.17, 15) is 40.6 Å². The number of ether oxygens (including phenoxy) is 1. The van der Waals surface area contributed by atoms with Gasteiger partial charge < -0.3 is 14.7 Å². The maximum atomic E-state index is 14.5. The molecule has 2 heterocycles. The van der Waals surface area contributed by atoms with Gasteiger partial charge >= 0.3 is 12.4 Å². The van der Waals surface area contributed by atoms with Gasteiger partial charge in [0, 0.05) is 23.9 Å². The van der Waals surface area contributed by atoms with Crippen LogP contribution in [-0.2, 0) is 30.2 Å². The van der Waals surface area contributed by atoms with Gasteiger partial charge in [-0.3, -0.25) is 4.79 Å². The van der Waals surface area contributed by atoms with Gasteiger partial charge in [0.2, 0.25) is 5.88 Å². The Kier molecular flexibility index (Phi) is 6.07. The molecular weight excluding hydrogens is 485 g/mol. The number of phenolic OH excluding ortho intramolecular Hbond substituents is 1. The second kappa shape index (κ2) is 8.75. The van der Waals surface area contributed by atoms with Crippen molar-refractivity contribution in [3.05, 3.63) is 76.7 Å². The SMILES string of the molecule is O=C1COc2nccc(-c3c(O)cccc3F)c2CN1Cc1cc(C(F)(F)F)cc(C(F)(F)F)c1. The van der Waals surface area contributed by atoms with Gasteiger partial charge in [-0.05, 0) is 42.0 Å². The van der Waals surface area contributed by atoms with E-state index >= 15 is 0 Å². The Labute approximate surface area is 193 Å². The van der Waals surface area contributed by atoms with Crippen molar-refractivity contribution in [2.45, 2.75) is 25.4 Å². The maximum Gasteiger partial charge on any atom is 0.416 e. The van der Waals surface area contributed by atoms with E-state index in [-0.39, 0.29) is 35.2 Å². The number of carbonyl (C=O) groups is 1. The Morgan fingerprint density at radius 1 is 1.00 bits per heavy atom. The summed E-state index contributed by atoms with van der Waals surface area (Å²) in [5, 5.41) is 10.2. The van der Waals surface area contributed by atoms with Crippen LogP contribution in [-0.4, -0.2) is 27.5 Å². The van der Waals surface area contributed by atoms with Crippen molar-refractivity contribution in [2.75, 3.05) is 6.61 Å². The second-order valence-corrected chi connectivity index (χ2v) is 7.73. The zero-order valence-corrected chi connectivity index (χ0v) is 17.5. The smallest absolute Gasteiger partial charge is 0.416 e. The minimum Gasteiger partial charge on any atom is -0.507 e. The lowest BCUT2D eigenvalue weighted by Gasteiger charge is -2.23. The number of amides is 1. The number of halogens is 7. The molecule has 1 aliphatic rings. The van der Waals surface area contributed by atoms with Crippen molar-refractivity contribution in [3.8, 4) is 22.8 Å². The third-order valence-electron chi connectivity index (χ3n) is 5.33. The van der Waals surface area contributed by atoms with Gasteiger partial charge in [0.15, 0.2) is 6.61 Å². The third kappa shape index (κ3) is 5.00. The molecule has 3 aromatic rings. The molecule has 5 nitrogen and oxygen atoms in total. The number of rotatable bonds is 3. The first-order valence-corrected chi connectivity index (χ1v) is 9.99. The van der Waals surface area contributed by atoms with E-state index in [1.54, 1.807) is 0 Å². The van der Waals surface area contributed by atoms with E-state index in [0.29, 0.717) is 12.1 Å². The number of phenols is 1.